The molecule has 2 aromatic heterocycles. The summed E-state index contributed by atoms with van der Waals surface area (Å²) in [6.45, 7) is 0. The molecule has 0 atom stereocenters. The first-order chi connectivity index (χ1) is 15.2. The van der Waals surface area contributed by atoms with Crippen molar-refractivity contribution < 1.29 is 22.8 Å². The van der Waals surface area contributed by atoms with Crippen molar-refractivity contribution in [2.75, 3.05) is 18.8 Å². The van der Waals surface area contributed by atoms with Crippen molar-refractivity contribution in [2.24, 2.45) is 0 Å². The van der Waals surface area contributed by atoms with E-state index in [1.54, 1.807) is 40.4 Å². The number of urea groups is 1. The molecule has 1 N–H and O–H groups in total. The van der Waals surface area contributed by atoms with Crippen LogP contribution in [0.1, 0.15) is 5.69 Å². The lowest BCUT2D eigenvalue weighted by Gasteiger charge is -2.28. The fourth-order valence-electron chi connectivity index (χ4n) is 3.10. The Morgan fingerprint density at radius 2 is 1.66 bits per heavy atom. The Balaban J connectivity index is 1.64. The highest BCUT2D eigenvalue weighted by atomic mass is 32.2. The van der Waals surface area contributed by atoms with Crippen LogP contribution in [0.25, 0.3) is 11.8 Å². The van der Waals surface area contributed by atoms with Gasteiger partial charge in [0.05, 0.1) is 4.90 Å². The number of benzene rings is 1. The van der Waals surface area contributed by atoms with Crippen LogP contribution in [0.5, 0.6) is 0 Å². The van der Waals surface area contributed by atoms with Gasteiger partial charge in [0, 0.05) is 43.3 Å². The van der Waals surface area contributed by atoms with Gasteiger partial charge in [0.2, 0.25) is 0 Å². The molecule has 1 aliphatic heterocycles. The van der Waals surface area contributed by atoms with Gasteiger partial charge in [-0.1, -0.05) is 0 Å². The van der Waals surface area contributed by atoms with E-state index >= 15 is 0 Å². The molecule has 0 radical (unpaired) electrons. The van der Waals surface area contributed by atoms with Gasteiger partial charge in [-0.05, 0) is 42.5 Å². The first kappa shape index (κ1) is 21.5. The molecule has 4 rings (SSSR count). The number of nitrogens with zero attached hydrogens (tertiary/aromatic N) is 4. The molecule has 4 amide bonds. The highest BCUT2D eigenvalue weighted by Crippen LogP contribution is 2.23. The number of likely N-dealkylation sites (N-methyl/N-ethyl adjacent to an activating group) is 2. The van der Waals surface area contributed by atoms with Gasteiger partial charge >= 0.3 is 6.03 Å². The van der Waals surface area contributed by atoms with Crippen LogP contribution >= 0.6 is 11.3 Å². The van der Waals surface area contributed by atoms with Gasteiger partial charge in [-0.2, -0.15) is 0 Å². The predicted octanol–water partition coefficient (Wildman–Crippen LogP) is 2.17. The Labute approximate surface area is 187 Å². The second-order valence-corrected chi connectivity index (χ2v) is 9.39. The van der Waals surface area contributed by atoms with Crippen LogP contribution in [0.4, 0.5) is 9.93 Å². The standard InChI is InChI=1S/C20H17N5O5S2/c1-23-17(26)16(18(27)24(2)20(23)28)12-14-4-3-10-25(14)13-5-7-15(8-6-13)32(29,30)22-19-21-9-11-31-19/h3-12H,1-2H3,(H,21,22). The third kappa shape index (κ3) is 3.81. The zero-order valence-corrected chi connectivity index (χ0v) is 18.6. The van der Waals surface area contributed by atoms with Crippen LogP contribution in [-0.4, -0.2) is 59.7 Å². The number of hydrogen-bond acceptors (Lipinski definition) is 7. The minimum Gasteiger partial charge on any atom is -0.317 e. The number of imide groups is 2. The highest BCUT2D eigenvalue weighted by molar-refractivity contribution is 7.93. The number of carbonyl (C=O) groups excluding carboxylic acids is 3. The van der Waals surface area contributed by atoms with Crippen LogP contribution in [-0.2, 0) is 19.6 Å². The van der Waals surface area contributed by atoms with E-state index < -0.39 is 27.9 Å². The monoisotopic (exact) mass is 471 g/mol. The van der Waals surface area contributed by atoms with E-state index in [-0.39, 0.29) is 15.6 Å². The molecule has 1 aliphatic rings. The second-order valence-electron chi connectivity index (χ2n) is 6.81. The number of anilines is 1. The van der Waals surface area contributed by atoms with Gasteiger partial charge in [-0.25, -0.2) is 18.2 Å². The smallest absolute Gasteiger partial charge is 0.317 e. The largest absolute Gasteiger partial charge is 0.333 e. The van der Waals surface area contributed by atoms with Crippen molar-refractivity contribution in [3.8, 4) is 5.69 Å². The van der Waals surface area contributed by atoms with Gasteiger partial charge in [0.25, 0.3) is 21.8 Å². The molecular formula is C20H17N5O5S2. The molecule has 3 heterocycles. The number of nitrogens with one attached hydrogen (secondary N) is 1. The normalized spacial score (nSPS) is 14.8. The Bertz CT molecular complexity index is 1320. The Kier molecular flexibility index (Phi) is 5.40. The lowest BCUT2D eigenvalue weighted by molar-refractivity contribution is -0.134. The summed E-state index contributed by atoms with van der Waals surface area (Å²) in [6, 6.07) is 8.81. The Morgan fingerprint density at radius 1 is 1.00 bits per heavy atom. The fraction of sp³-hybridized carbons (Fsp3) is 0.100. The molecule has 0 unspecified atom stereocenters. The highest BCUT2D eigenvalue weighted by Gasteiger charge is 2.37. The van der Waals surface area contributed by atoms with Crippen molar-refractivity contribution in [2.45, 2.75) is 4.90 Å². The van der Waals surface area contributed by atoms with Crippen molar-refractivity contribution in [1.29, 1.82) is 0 Å². The molecule has 0 aliphatic carbocycles. The SMILES string of the molecule is CN1C(=O)C(=Cc2cccn2-c2ccc(S(=O)(=O)Nc3nccs3)cc2)C(=O)N(C)C1=O. The topological polar surface area (TPSA) is 122 Å². The number of thiazole rings is 1. The van der Waals surface area contributed by atoms with E-state index in [4.69, 9.17) is 0 Å². The van der Waals surface area contributed by atoms with Crippen LogP contribution in [0.2, 0.25) is 0 Å². The van der Waals surface area contributed by atoms with Crippen LogP contribution < -0.4 is 4.72 Å². The van der Waals surface area contributed by atoms with Crippen LogP contribution in [0.15, 0.2) is 64.6 Å². The molecule has 10 nitrogen and oxygen atoms in total. The zero-order valence-electron chi connectivity index (χ0n) is 16.9. The summed E-state index contributed by atoms with van der Waals surface area (Å²) in [5.74, 6) is -1.39. The molecule has 12 heteroatoms. The van der Waals surface area contributed by atoms with Gasteiger partial charge in [-0.3, -0.25) is 24.1 Å². The van der Waals surface area contributed by atoms with Gasteiger partial charge in [0.15, 0.2) is 5.13 Å². The van der Waals surface area contributed by atoms with E-state index in [0.29, 0.717) is 11.4 Å². The summed E-state index contributed by atoms with van der Waals surface area (Å²) in [4.78, 5) is 42.5. The quantitative estimate of drug-likeness (QED) is 0.450. The molecule has 1 fully saturated rings. The minimum absolute atomic E-state index is 0.0582. The molecular weight excluding hydrogens is 454 g/mol. The number of barbiturate groups is 1. The first-order valence-electron chi connectivity index (χ1n) is 9.21. The van der Waals surface area contributed by atoms with E-state index in [1.165, 1.54) is 49.8 Å². The van der Waals surface area contributed by atoms with Gasteiger partial charge < -0.3 is 4.57 Å². The third-order valence-electron chi connectivity index (χ3n) is 4.80. The van der Waals surface area contributed by atoms with E-state index in [0.717, 1.165) is 9.80 Å². The summed E-state index contributed by atoms with van der Waals surface area (Å²) in [6.07, 6.45) is 4.61. The maximum Gasteiger partial charge on any atom is 0.333 e. The average Bonchev–Trinajstić information content (AvgIpc) is 3.46. The summed E-state index contributed by atoms with van der Waals surface area (Å²) in [5.41, 5.74) is 0.972. The number of rotatable bonds is 5. The fourth-order valence-corrected chi connectivity index (χ4v) is 4.89. The predicted molar refractivity (Wildman–Crippen MR) is 118 cm³/mol. The Morgan fingerprint density at radius 3 is 2.25 bits per heavy atom. The maximum absolute atomic E-state index is 12.5. The lowest BCUT2D eigenvalue weighted by atomic mass is 10.1. The number of carbonyl (C=O) groups is 3. The number of hydrogen-bond donors (Lipinski definition) is 1. The van der Waals surface area contributed by atoms with E-state index in [1.807, 2.05) is 0 Å². The van der Waals surface area contributed by atoms with Gasteiger partial charge in [-0.15, -0.1) is 11.3 Å². The van der Waals surface area contributed by atoms with Crippen molar-refractivity contribution in [3.63, 3.8) is 0 Å². The first-order valence-corrected chi connectivity index (χ1v) is 11.6. The molecule has 3 aromatic rings. The van der Waals surface area contributed by atoms with Crippen molar-refractivity contribution in [3.05, 3.63) is 65.4 Å². The lowest BCUT2D eigenvalue weighted by Crippen LogP contribution is -2.52. The maximum atomic E-state index is 12.5. The molecule has 0 spiro atoms. The van der Waals surface area contributed by atoms with Crippen molar-refractivity contribution >= 4 is 50.4 Å². The van der Waals surface area contributed by atoms with Crippen molar-refractivity contribution in [1.82, 2.24) is 19.4 Å². The summed E-state index contributed by atoms with van der Waals surface area (Å²) < 4.78 is 29.1. The number of amides is 4. The zero-order chi connectivity index (χ0) is 23.0. The van der Waals surface area contributed by atoms with Gasteiger partial charge in [0.1, 0.15) is 5.57 Å². The van der Waals surface area contributed by atoms with Crippen LogP contribution in [0, 0.1) is 0 Å². The summed E-state index contributed by atoms with van der Waals surface area (Å²) >= 11 is 1.17. The van der Waals surface area contributed by atoms with E-state index in [2.05, 4.69) is 9.71 Å². The molecule has 0 saturated carbocycles. The van der Waals surface area contributed by atoms with Crippen LogP contribution in [0.3, 0.4) is 0 Å². The molecule has 164 valence electrons. The summed E-state index contributed by atoms with van der Waals surface area (Å²) in [5, 5.41) is 1.93. The molecule has 32 heavy (non-hydrogen) atoms. The Hall–Kier alpha value is -3.77. The average molecular weight is 472 g/mol. The molecule has 1 aromatic carbocycles. The number of sulfonamides is 1. The summed E-state index contributed by atoms with van der Waals surface area (Å²) in [7, 11) is -1.18. The number of aromatic nitrogens is 2. The minimum atomic E-state index is -3.79. The second kappa shape index (κ2) is 8.05. The molecule has 1 saturated heterocycles. The molecule has 0 bridgehead atoms. The third-order valence-corrected chi connectivity index (χ3v) is 6.97. The van der Waals surface area contributed by atoms with E-state index in [9.17, 15) is 22.8 Å².